The number of carbonyl (C=O) groups is 2. The van der Waals surface area contributed by atoms with Crippen molar-refractivity contribution >= 4 is 46.1 Å². The number of H-pyrrole nitrogens is 1. The molecule has 0 spiro atoms. The fraction of sp³-hybridized carbons (Fsp3) is 0.258. The number of aromatic nitrogens is 2. The van der Waals surface area contributed by atoms with Crippen LogP contribution >= 0.6 is 34.2 Å². The predicted octanol–water partition coefficient (Wildman–Crippen LogP) is 5.51. The van der Waals surface area contributed by atoms with Crippen LogP contribution in [-0.2, 0) is 4.79 Å². The molecule has 1 aliphatic rings. The number of nitrogens with zero attached hydrogens (tertiary/aromatic N) is 2. The molecule has 9 nitrogen and oxygen atoms in total. The number of aromatic amines is 1. The predicted molar refractivity (Wildman–Crippen MR) is 167 cm³/mol. The number of nitrogens with one attached hydrogen (secondary N) is 2. The van der Waals surface area contributed by atoms with E-state index in [0.29, 0.717) is 27.9 Å². The van der Waals surface area contributed by atoms with Crippen LogP contribution in [0.3, 0.4) is 0 Å². The van der Waals surface area contributed by atoms with Gasteiger partial charge in [0.2, 0.25) is 0 Å². The maximum Gasteiger partial charge on any atom is 0.325 e. The number of imide groups is 1. The van der Waals surface area contributed by atoms with Crippen molar-refractivity contribution in [3.05, 3.63) is 104 Å². The molecule has 42 heavy (non-hydrogen) atoms. The van der Waals surface area contributed by atoms with Gasteiger partial charge in [-0.2, -0.15) is 0 Å². The van der Waals surface area contributed by atoms with Crippen LogP contribution in [0.4, 0.5) is 4.79 Å². The molecule has 1 aliphatic heterocycles. The molecule has 4 aromatic rings. The van der Waals surface area contributed by atoms with E-state index in [0.717, 1.165) is 20.4 Å². The van der Waals surface area contributed by atoms with Crippen molar-refractivity contribution in [1.82, 2.24) is 20.2 Å². The fourth-order valence-corrected chi connectivity index (χ4v) is 6.02. The summed E-state index contributed by atoms with van der Waals surface area (Å²) in [6.07, 6.45) is -0.995. The van der Waals surface area contributed by atoms with E-state index in [9.17, 15) is 14.7 Å². The van der Waals surface area contributed by atoms with Crippen molar-refractivity contribution in [3.63, 3.8) is 0 Å². The van der Waals surface area contributed by atoms with Gasteiger partial charge in [0, 0.05) is 20.7 Å². The highest BCUT2D eigenvalue weighted by molar-refractivity contribution is 14.1. The average molecular weight is 701 g/mol. The molecule has 3 amide bonds. The molecule has 3 aromatic carbocycles. The van der Waals surface area contributed by atoms with Crippen molar-refractivity contribution in [3.8, 4) is 17.0 Å². The highest BCUT2D eigenvalue weighted by Gasteiger charge is 2.46. The van der Waals surface area contributed by atoms with Gasteiger partial charge in [-0.1, -0.05) is 67.1 Å². The third kappa shape index (κ3) is 6.17. The van der Waals surface area contributed by atoms with Crippen LogP contribution in [0.1, 0.15) is 47.6 Å². The number of hydrogen-bond donors (Lipinski definition) is 4. The maximum absolute atomic E-state index is 13.9. The van der Waals surface area contributed by atoms with Gasteiger partial charge in [-0.25, -0.2) is 9.78 Å². The summed E-state index contributed by atoms with van der Waals surface area (Å²) >= 11 is 8.78. The van der Waals surface area contributed by atoms with E-state index in [2.05, 4.69) is 32.9 Å². The van der Waals surface area contributed by atoms with E-state index in [1.165, 1.54) is 4.90 Å². The van der Waals surface area contributed by atoms with Gasteiger partial charge in [-0.3, -0.25) is 9.69 Å². The number of halogens is 2. The molecule has 1 unspecified atom stereocenters. The molecule has 1 saturated heterocycles. The number of urea groups is 1. The van der Waals surface area contributed by atoms with E-state index in [1.54, 1.807) is 24.3 Å². The number of amides is 3. The first-order valence-corrected chi connectivity index (χ1v) is 14.9. The summed E-state index contributed by atoms with van der Waals surface area (Å²) in [4.78, 5) is 37.0. The van der Waals surface area contributed by atoms with Crippen LogP contribution in [0.15, 0.2) is 72.8 Å². The number of imidazole rings is 1. The van der Waals surface area contributed by atoms with Crippen molar-refractivity contribution in [2.75, 3.05) is 13.2 Å². The zero-order chi connectivity index (χ0) is 30.0. The fourth-order valence-electron chi connectivity index (χ4n) is 5.07. The Morgan fingerprint density at radius 2 is 1.81 bits per heavy atom. The number of hydrogen-bond acceptors (Lipinski definition) is 6. The number of ether oxygens (including phenoxy) is 1. The Hall–Kier alpha value is -3.45. The Labute approximate surface area is 262 Å². The van der Waals surface area contributed by atoms with E-state index in [1.807, 2.05) is 62.4 Å². The summed E-state index contributed by atoms with van der Waals surface area (Å²) in [7, 11) is 0. The largest absolute Gasteiger partial charge is 0.491 e. The lowest BCUT2D eigenvalue weighted by Crippen LogP contribution is -2.38. The monoisotopic (exact) mass is 700 g/mol. The Kier molecular flexibility index (Phi) is 9.16. The molecule has 0 saturated carbocycles. The molecule has 0 bridgehead atoms. The van der Waals surface area contributed by atoms with Gasteiger partial charge in [-0.05, 0) is 64.9 Å². The Morgan fingerprint density at radius 1 is 1.10 bits per heavy atom. The molecule has 4 atom stereocenters. The topological polar surface area (TPSA) is 128 Å². The highest BCUT2D eigenvalue weighted by atomic mass is 127. The summed E-state index contributed by atoms with van der Waals surface area (Å²) in [6, 6.07) is 19.9. The van der Waals surface area contributed by atoms with Gasteiger partial charge in [-0.15, -0.1) is 0 Å². The van der Waals surface area contributed by atoms with Gasteiger partial charge in [0.05, 0.1) is 17.3 Å². The number of aliphatic hydroxyl groups excluding tert-OH is 2. The van der Waals surface area contributed by atoms with Crippen LogP contribution in [0.25, 0.3) is 11.3 Å². The van der Waals surface area contributed by atoms with Crippen molar-refractivity contribution in [2.45, 2.75) is 38.0 Å². The number of aryl methyl sites for hydroxylation is 1. The first-order chi connectivity index (χ1) is 20.2. The Morgan fingerprint density at radius 3 is 2.48 bits per heavy atom. The van der Waals surface area contributed by atoms with Crippen LogP contribution in [0, 0.1) is 10.5 Å². The zero-order valence-corrected chi connectivity index (χ0v) is 25.8. The molecule has 1 aromatic heterocycles. The second-order valence-electron chi connectivity index (χ2n) is 10.2. The third-order valence-electron chi connectivity index (χ3n) is 7.28. The Balaban J connectivity index is 1.49. The second kappa shape index (κ2) is 12.8. The van der Waals surface area contributed by atoms with Gasteiger partial charge in [0.25, 0.3) is 5.91 Å². The van der Waals surface area contributed by atoms with Gasteiger partial charge in [0.15, 0.2) is 0 Å². The molecular weight excluding hydrogens is 671 g/mol. The molecule has 5 rings (SSSR count). The minimum Gasteiger partial charge on any atom is -0.491 e. The smallest absolute Gasteiger partial charge is 0.325 e. The zero-order valence-electron chi connectivity index (χ0n) is 22.9. The van der Waals surface area contributed by atoms with Crippen molar-refractivity contribution in [1.29, 1.82) is 0 Å². The van der Waals surface area contributed by atoms with Crippen LogP contribution in [0.5, 0.6) is 5.75 Å². The lowest BCUT2D eigenvalue weighted by molar-refractivity contribution is -0.129. The summed E-state index contributed by atoms with van der Waals surface area (Å²) < 4.78 is 6.47. The second-order valence-corrected chi connectivity index (χ2v) is 11.8. The van der Waals surface area contributed by atoms with Gasteiger partial charge in [0.1, 0.15) is 36.4 Å². The molecule has 4 N–H and O–H groups in total. The van der Waals surface area contributed by atoms with E-state index < -0.39 is 36.7 Å². The van der Waals surface area contributed by atoms with E-state index in [4.69, 9.17) is 26.4 Å². The quantitative estimate of drug-likeness (QED) is 0.128. The van der Waals surface area contributed by atoms with E-state index in [-0.39, 0.29) is 12.5 Å². The molecule has 2 heterocycles. The Bertz CT molecular complexity index is 1580. The summed E-state index contributed by atoms with van der Waals surface area (Å²) in [6.45, 7) is 3.38. The number of rotatable bonds is 10. The molecule has 218 valence electrons. The lowest BCUT2D eigenvalue weighted by atomic mass is 9.91. The van der Waals surface area contributed by atoms with Gasteiger partial charge < -0.3 is 25.3 Å². The summed E-state index contributed by atoms with van der Waals surface area (Å²) in [5, 5.41) is 21.9. The van der Waals surface area contributed by atoms with Gasteiger partial charge >= 0.3 is 6.03 Å². The summed E-state index contributed by atoms with van der Waals surface area (Å²) in [5.41, 5.74) is 3.71. The lowest BCUT2D eigenvalue weighted by Gasteiger charge is -2.29. The normalized spacial score (nSPS) is 17.2. The van der Waals surface area contributed by atoms with Crippen LogP contribution in [-0.4, -0.2) is 56.3 Å². The number of benzene rings is 3. The van der Waals surface area contributed by atoms with Crippen LogP contribution in [0.2, 0.25) is 5.02 Å². The minimum atomic E-state index is -0.995. The van der Waals surface area contributed by atoms with E-state index >= 15 is 0 Å². The van der Waals surface area contributed by atoms with Crippen LogP contribution < -0.4 is 10.1 Å². The minimum absolute atomic E-state index is 0.0697. The first-order valence-electron chi connectivity index (χ1n) is 13.4. The van der Waals surface area contributed by atoms with Crippen molar-refractivity contribution in [2.24, 2.45) is 0 Å². The third-order valence-corrected chi connectivity index (χ3v) is 8.27. The maximum atomic E-state index is 13.9. The number of carbonyl (C=O) groups excluding carboxylic acids is 2. The molecular formula is C31H30ClIN4O5. The molecule has 0 aliphatic carbocycles. The standard InChI is InChI=1S/C31H30ClIN4O5/c1-17(19-6-4-3-5-7-19)28(29-34-18(2)26(35-29)24-13-10-21(33)14-25(24)32)37-30(40)27(36-31(37)41)20-8-11-23(12-9-20)42-16-22(39)15-38/h3-14,17,22,27-28,38-39H,15-16H2,1-2H3,(H,34,35)(H,36,41)/t17-,22+,27+,28?/m0/s1. The first kappa shape index (κ1) is 30.0. The average Bonchev–Trinajstić information content (AvgIpc) is 3.51. The molecule has 0 radical (unpaired) electrons. The highest BCUT2D eigenvalue weighted by Crippen LogP contribution is 2.40. The SMILES string of the molecule is Cc1[nH]c(C([C@@H](C)c2ccccc2)N2C(=O)N[C@H](c3ccc(OC[C@H](O)CO)cc3)C2=O)nc1-c1ccc(I)cc1Cl. The molecule has 1 fully saturated rings. The van der Waals surface area contributed by atoms with Crippen molar-refractivity contribution < 1.29 is 24.5 Å². The number of aliphatic hydroxyl groups is 2. The summed E-state index contributed by atoms with van der Waals surface area (Å²) in [5.74, 6) is 0.242. The molecule has 11 heteroatoms.